The summed E-state index contributed by atoms with van der Waals surface area (Å²) in [6.07, 6.45) is 4.56. The summed E-state index contributed by atoms with van der Waals surface area (Å²) in [6, 6.07) is 11.9. The molecule has 0 bridgehead atoms. The van der Waals surface area contributed by atoms with Gasteiger partial charge in [0, 0.05) is 29.2 Å². The van der Waals surface area contributed by atoms with Crippen molar-refractivity contribution in [1.29, 1.82) is 0 Å². The van der Waals surface area contributed by atoms with Crippen LogP contribution < -0.4 is 25.3 Å². The Kier molecular flexibility index (Phi) is 5.65. The number of benzene rings is 3. The van der Waals surface area contributed by atoms with Gasteiger partial charge in [-0.3, -0.25) is 4.79 Å². The molecule has 3 N–H and O–H groups in total. The summed E-state index contributed by atoms with van der Waals surface area (Å²) in [6.45, 7) is 0.800. The van der Waals surface area contributed by atoms with Crippen molar-refractivity contribution in [3.05, 3.63) is 88.3 Å². The van der Waals surface area contributed by atoms with Gasteiger partial charge in [-0.15, -0.1) is 0 Å². The largest absolute Gasteiger partial charge is 0.480 e. The molecule has 4 heterocycles. The van der Waals surface area contributed by atoms with Crippen molar-refractivity contribution < 1.29 is 27.8 Å². The second-order valence-electron chi connectivity index (χ2n) is 9.91. The number of carbonyl (C=O) groups is 1. The zero-order valence-corrected chi connectivity index (χ0v) is 21.6. The number of carbonyl (C=O) groups excluding carboxylic acids is 1. The zero-order valence-electron chi connectivity index (χ0n) is 20.8. The van der Waals surface area contributed by atoms with Crippen LogP contribution >= 0.6 is 11.6 Å². The van der Waals surface area contributed by atoms with Crippen molar-refractivity contribution in [2.75, 3.05) is 6.54 Å². The van der Waals surface area contributed by atoms with Crippen LogP contribution in [-0.2, 0) is 12.0 Å². The quantitative estimate of drug-likeness (QED) is 0.291. The van der Waals surface area contributed by atoms with E-state index in [0.29, 0.717) is 5.56 Å². The third-order valence-electron chi connectivity index (χ3n) is 7.67. The fourth-order valence-corrected chi connectivity index (χ4v) is 6.17. The van der Waals surface area contributed by atoms with Gasteiger partial charge in [-0.05, 0) is 31.0 Å². The molecule has 1 amide bonds. The lowest BCUT2D eigenvalue weighted by molar-refractivity contribution is 0.0539. The molecule has 3 aliphatic rings. The average Bonchev–Trinajstić information content (AvgIpc) is 3.63. The second kappa shape index (κ2) is 9.14. The Morgan fingerprint density at radius 3 is 2.67 bits per heavy atom. The maximum absolute atomic E-state index is 16.5. The highest BCUT2D eigenvalue weighted by Crippen LogP contribution is 2.55. The van der Waals surface area contributed by atoms with Gasteiger partial charge in [-0.2, -0.15) is 4.98 Å². The normalized spacial score (nSPS) is 20.5. The molecular weight excluding hydrogens is 542 g/mol. The number of primary amides is 1. The molecule has 40 heavy (non-hydrogen) atoms. The first-order chi connectivity index (χ1) is 19.4. The van der Waals surface area contributed by atoms with Crippen molar-refractivity contribution in [2.45, 2.75) is 30.9 Å². The number of amides is 1. The number of nitrogens with zero attached hydrogens (tertiary/aromatic N) is 2. The predicted octanol–water partition coefficient (Wildman–Crippen LogP) is 5.65. The number of nitrogens with one attached hydrogen (secondary N) is 1. The minimum Gasteiger partial charge on any atom is -0.480 e. The molecule has 1 aromatic heterocycles. The zero-order chi connectivity index (χ0) is 27.6. The molecule has 0 spiro atoms. The van der Waals surface area contributed by atoms with Crippen LogP contribution in [-0.4, -0.2) is 28.5 Å². The number of aromatic nitrogens is 2. The molecule has 0 saturated carbocycles. The molecule has 0 aliphatic carbocycles. The van der Waals surface area contributed by atoms with Crippen LogP contribution in [0.15, 0.2) is 55.0 Å². The van der Waals surface area contributed by atoms with E-state index in [4.69, 9.17) is 31.5 Å². The van der Waals surface area contributed by atoms with Gasteiger partial charge < -0.3 is 25.3 Å². The van der Waals surface area contributed by atoms with Gasteiger partial charge in [0.2, 0.25) is 17.4 Å². The fourth-order valence-electron chi connectivity index (χ4n) is 5.91. The Morgan fingerprint density at radius 2 is 1.93 bits per heavy atom. The van der Waals surface area contributed by atoms with E-state index in [2.05, 4.69) is 15.3 Å². The lowest BCUT2D eigenvalue weighted by Gasteiger charge is -2.35. The predicted molar refractivity (Wildman–Crippen MR) is 141 cm³/mol. The lowest BCUT2D eigenvalue weighted by Crippen LogP contribution is -2.48. The summed E-state index contributed by atoms with van der Waals surface area (Å²) in [5.41, 5.74) is 5.54. The molecule has 202 valence electrons. The van der Waals surface area contributed by atoms with Gasteiger partial charge >= 0.3 is 0 Å². The number of ether oxygens (including phenoxy) is 3. The van der Waals surface area contributed by atoms with E-state index in [9.17, 15) is 4.79 Å². The van der Waals surface area contributed by atoms with Crippen LogP contribution in [0.2, 0.25) is 5.02 Å². The lowest BCUT2D eigenvalue weighted by atomic mass is 9.80. The summed E-state index contributed by atoms with van der Waals surface area (Å²) in [4.78, 5) is 20.5. The second-order valence-corrected chi connectivity index (χ2v) is 10.3. The molecule has 0 unspecified atom stereocenters. The first kappa shape index (κ1) is 24.7. The molecule has 1 saturated heterocycles. The summed E-state index contributed by atoms with van der Waals surface area (Å²) in [5.74, 6) is -2.92. The first-order valence-electron chi connectivity index (χ1n) is 12.7. The first-order valence-corrected chi connectivity index (χ1v) is 13.1. The van der Waals surface area contributed by atoms with E-state index in [1.54, 1.807) is 0 Å². The van der Waals surface area contributed by atoms with Crippen molar-refractivity contribution >= 4 is 17.5 Å². The minimum atomic E-state index is -0.999. The number of halogens is 3. The van der Waals surface area contributed by atoms with E-state index >= 15 is 8.78 Å². The molecule has 7 rings (SSSR count). The Morgan fingerprint density at radius 1 is 1.10 bits per heavy atom. The molecule has 8 nitrogen and oxygen atoms in total. The van der Waals surface area contributed by atoms with Crippen molar-refractivity contribution in [2.24, 2.45) is 5.73 Å². The molecule has 1 fully saturated rings. The average molecular weight is 563 g/mol. The van der Waals surface area contributed by atoms with Crippen LogP contribution in [0.3, 0.4) is 0 Å². The van der Waals surface area contributed by atoms with Crippen molar-refractivity contribution in [1.82, 2.24) is 15.3 Å². The molecule has 0 radical (unpaired) electrons. The SMILES string of the molecule is NC(=O)c1cc2c(c(F)c1-c1c(Cl)c(F)cc3c1C[C@](c1ccccc1)([C@@H]1CCCN1)O3)Oc1ncncc1O2. The number of rotatable bonds is 4. The Labute approximate surface area is 232 Å². The Bertz CT molecular complexity index is 1700. The molecular formula is C29H21ClF2N4O4. The smallest absolute Gasteiger partial charge is 0.266 e. The van der Waals surface area contributed by atoms with Crippen LogP contribution in [0.25, 0.3) is 11.1 Å². The van der Waals surface area contributed by atoms with E-state index in [-0.39, 0.29) is 63.1 Å². The summed E-state index contributed by atoms with van der Waals surface area (Å²) in [5, 5.41) is 3.13. The van der Waals surface area contributed by atoms with E-state index in [0.717, 1.165) is 24.9 Å². The highest BCUT2D eigenvalue weighted by Gasteiger charge is 2.50. The molecule has 3 aromatic carbocycles. The van der Waals surface area contributed by atoms with Crippen molar-refractivity contribution in [3.8, 4) is 40.0 Å². The monoisotopic (exact) mass is 562 g/mol. The van der Waals surface area contributed by atoms with E-state index in [1.165, 1.54) is 24.7 Å². The third-order valence-corrected chi connectivity index (χ3v) is 8.04. The van der Waals surface area contributed by atoms with Gasteiger partial charge in [-0.25, -0.2) is 13.8 Å². The summed E-state index contributed by atoms with van der Waals surface area (Å²) < 4.78 is 49.9. The number of hydrogen-bond donors (Lipinski definition) is 2. The molecule has 4 aromatic rings. The Balaban J connectivity index is 1.45. The summed E-state index contributed by atoms with van der Waals surface area (Å²) in [7, 11) is 0. The maximum atomic E-state index is 16.5. The van der Waals surface area contributed by atoms with Crippen LogP contribution in [0.1, 0.15) is 34.3 Å². The number of fused-ring (bicyclic) bond motifs is 3. The highest BCUT2D eigenvalue weighted by atomic mass is 35.5. The van der Waals surface area contributed by atoms with Gasteiger partial charge in [0.05, 0.1) is 22.8 Å². The van der Waals surface area contributed by atoms with Gasteiger partial charge in [-0.1, -0.05) is 41.9 Å². The van der Waals surface area contributed by atoms with E-state index < -0.39 is 23.1 Å². The molecule has 11 heteroatoms. The standard InChI is InChI=1S/C29H21ClF2N4O4/c30-24-17(31)10-18-16(11-29(40-18,21-7-4-8-35-21)14-5-2-1-3-6-14)22(24)23-15(27(33)37)9-19-26(25(23)32)39-28-20(38-19)12-34-13-36-28/h1-3,5-6,9-10,12-13,21,35H,4,7-8,11H2,(H2,33,37)/t21-,29-/m0/s1. The minimum absolute atomic E-state index is 0.0199. The van der Waals surface area contributed by atoms with Crippen molar-refractivity contribution in [3.63, 3.8) is 0 Å². The van der Waals surface area contributed by atoms with Crippen LogP contribution in [0, 0.1) is 11.6 Å². The number of nitrogens with two attached hydrogens (primary N) is 1. The third kappa shape index (κ3) is 3.63. The van der Waals surface area contributed by atoms with Crippen LogP contribution in [0.5, 0.6) is 28.9 Å². The number of hydrogen-bond acceptors (Lipinski definition) is 7. The Hall–Kier alpha value is -4.28. The molecule has 2 atom stereocenters. The highest BCUT2D eigenvalue weighted by molar-refractivity contribution is 6.34. The topological polar surface area (TPSA) is 109 Å². The van der Waals surface area contributed by atoms with Crippen LogP contribution in [0.4, 0.5) is 8.78 Å². The van der Waals surface area contributed by atoms with E-state index in [1.807, 2.05) is 30.3 Å². The molecule has 3 aliphatic heterocycles. The fraction of sp³-hybridized carbons (Fsp3) is 0.207. The van der Waals surface area contributed by atoms with Gasteiger partial charge in [0.1, 0.15) is 17.9 Å². The maximum Gasteiger partial charge on any atom is 0.266 e. The van der Waals surface area contributed by atoms with Gasteiger partial charge in [0.25, 0.3) is 5.88 Å². The van der Waals surface area contributed by atoms with Gasteiger partial charge in [0.15, 0.2) is 17.2 Å². The summed E-state index contributed by atoms with van der Waals surface area (Å²) >= 11 is 6.57.